The maximum atomic E-state index is 12.5. The van der Waals surface area contributed by atoms with Crippen molar-refractivity contribution < 1.29 is 4.79 Å². The van der Waals surface area contributed by atoms with Gasteiger partial charge in [0.1, 0.15) is 0 Å². The van der Waals surface area contributed by atoms with E-state index in [0.29, 0.717) is 0 Å². The summed E-state index contributed by atoms with van der Waals surface area (Å²) in [5, 5.41) is 5.12. The van der Waals surface area contributed by atoms with Crippen LogP contribution in [0.5, 0.6) is 0 Å². The van der Waals surface area contributed by atoms with Crippen LogP contribution in [0.15, 0.2) is 29.9 Å². The van der Waals surface area contributed by atoms with E-state index in [1.807, 2.05) is 24.4 Å². The first-order chi connectivity index (χ1) is 10.1. The third kappa shape index (κ3) is 3.00. The predicted octanol–water partition coefficient (Wildman–Crippen LogP) is 3.76. The van der Waals surface area contributed by atoms with Crippen molar-refractivity contribution in [1.29, 1.82) is 0 Å². The number of rotatable bonds is 3. The van der Waals surface area contributed by atoms with E-state index in [9.17, 15) is 4.79 Å². The fraction of sp³-hybridized carbons (Fsp3) is 0.412. The summed E-state index contributed by atoms with van der Waals surface area (Å²) in [5.74, 6) is 0.786. The van der Waals surface area contributed by atoms with Gasteiger partial charge in [-0.3, -0.25) is 9.78 Å². The molecule has 1 amide bonds. The fourth-order valence-electron chi connectivity index (χ4n) is 2.88. The maximum absolute atomic E-state index is 12.5. The van der Waals surface area contributed by atoms with Gasteiger partial charge in [-0.15, -0.1) is 11.3 Å². The van der Waals surface area contributed by atoms with Gasteiger partial charge in [-0.05, 0) is 55.4 Å². The van der Waals surface area contributed by atoms with Gasteiger partial charge in [0.05, 0.1) is 11.6 Å². The molecule has 2 atom stereocenters. The van der Waals surface area contributed by atoms with E-state index in [1.54, 1.807) is 23.7 Å². The molecule has 1 aliphatic carbocycles. The summed E-state index contributed by atoms with van der Waals surface area (Å²) < 4.78 is 0. The Hall–Kier alpha value is -1.68. The molecule has 0 unspecified atom stereocenters. The number of carbonyl (C=O) groups is 1. The number of fused-ring (bicyclic) bond motifs is 1. The molecular weight excluding hydrogens is 280 g/mol. The molecule has 2 heterocycles. The Bertz CT molecular complexity index is 635. The average Bonchev–Trinajstić information content (AvgIpc) is 2.91. The van der Waals surface area contributed by atoms with Crippen LogP contribution in [0.4, 0.5) is 0 Å². The van der Waals surface area contributed by atoms with Crippen LogP contribution in [0.25, 0.3) is 0 Å². The van der Waals surface area contributed by atoms with Crippen LogP contribution in [0.1, 0.15) is 52.7 Å². The standard InChI is InChI=1S/C17H20N2OS/c1-11-3-4-14-15(10-21-16(14)9-11)17(20)19-12(2)13-5-7-18-8-6-13/h5-8,10-12H,3-4,9H2,1-2H3,(H,19,20)/t11-,12-/m1/s1. The Labute approximate surface area is 129 Å². The molecule has 21 heavy (non-hydrogen) atoms. The van der Waals surface area contributed by atoms with Crippen LogP contribution in [0, 0.1) is 5.92 Å². The van der Waals surface area contributed by atoms with Gasteiger partial charge in [0.2, 0.25) is 0 Å². The summed E-state index contributed by atoms with van der Waals surface area (Å²) in [6.07, 6.45) is 6.85. The Morgan fingerprint density at radius 2 is 2.19 bits per heavy atom. The third-order valence-electron chi connectivity index (χ3n) is 4.20. The predicted molar refractivity (Wildman–Crippen MR) is 85.6 cm³/mol. The molecule has 1 N–H and O–H groups in total. The lowest BCUT2D eigenvalue weighted by atomic mass is 9.88. The van der Waals surface area contributed by atoms with Gasteiger partial charge in [0, 0.05) is 22.7 Å². The maximum Gasteiger partial charge on any atom is 0.252 e. The van der Waals surface area contributed by atoms with Gasteiger partial charge < -0.3 is 5.32 Å². The monoisotopic (exact) mass is 300 g/mol. The van der Waals surface area contributed by atoms with Gasteiger partial charge in [-0.1, -0.05) is 6.92 Å². The SMILES string of the molecule is C[C@@H]1CCc2c(C(=O)N[C@H](C)c3ccncc3)csc2C1. The molecule has 1 aliphatic rings. The molecule has 0 bridgehead atoms. The van der Waals surface area contributed by atoms with Crippen molar-refractivity contribution >= 4 is 17.2 Å². The van der Waals surface area contributed by atoms with Crippen LogP contribution in [0.2, 0.25) is 0 Å². The lowest BCUT2D eigenvalue weighted by molar-refractivity contribution is 0.0939. The number of hydrogen-bond acceptors (Lipinski definition) is 3. The Morgan fingerprint density at radius 3 is 2.95 bits per heavy atom. The number of carbonyl (C=O) groups excluding carboxylic acids is 1. The van der Waals surface area contributed by atoms with Gasteiger partial charge in [0.25, 0.3) is 5.91 Å². The van der Waals surface area contributed by atoms with Crippen LogP contribution >= 0.6 is 11.3 Å². The molecule has 110 valence electrons. The Balaban J connectivity index is 1.75. The summed E-state index contributed by atoms with van der Waals surface area (Å²) in [4.78, 5) is 17.9. The van der Waals surface area contributed by atoms with Crippen LogP contribution < -0.4 is 5.32 Å². The minimum Gasteiger partial charge on any atom is -0.345 e. The zero-order valence-electron chi connectivity index (χ0n) is 12.4. The van der Waals surface area contributed by atoms with E-state index in [2.05, 4.69) is 17.2 Å². The van der Waals surface area contributed by atoms with Gasteiger partial charge in [-0.25, -0.2) is 0 Å². The van der Waals surface area contributed by atoms with E-state index in [-0.39, 0.29) is 11.9 Å². The Morgan fingerprint density at radius 1 is 1.43 bits per heavy atom. The van der Waals surface area contributed by atoms with Crippen LogP contribution in [-0.2, 0) is 12.8 Å². The molecule has 0 spiro atoms. The van der Waals surface area contributed by atoms with Crippen molar-refractivity contribution in [3.05, 3.63) is 51.5 Å². The van der Waals surface area contributed by atoms with Crippen molar-refractivity contribution in [2.24, 2.45) is 5.92 Å². The number of aromatic nitrogens is 1. The van der Waals surface area contributed by atoms with Crippen LogP contribution in [0.3, 0.4) is 0 Å². The molecule has 0 fully saturated rings. The molecule has 3 rings (SSSR count). The molecule has 2 aromatic rings. The fourth-order valence-corrected chi connectivity index (χ4v) is 4.12. The van der Waals surface area contributed by atoms with E-state index < -0.39 is 0 Å². The minimum absolute atomic E-state index is 0.00133. The molecule has 0 radical (unpaired) electrons. The van der Waals surface area contributed by atoms with Crippen molar-refractivity contribution in [1.82, 2.24) is 10.3 Å². The summed E-state index contributed by atoms with van der Waals surface area (Å²) >= 11 is 1.74. The van der Waals surface area contributed by atoms with Crippen LogP contribution in [-0.4, -0.2) is 10.9 Å². The van der Waals surface area contributed by atoms with Crippen molar-refractivity contribution in [2.45, 2.75) is 39.2 Å². The van der Waals surface area contributed by atoms with E-state index in [4.69, 9.17) is 0 Å². The van der Waals surface area contributed by atoms with E-state index in [1.165, 1.54) is 16.9 Å². The molecule has 0 saturated carbocycles. The Kier molecular flexibility index (Phi) is 4.06. The number of hydrogen-bond donors (Lipinski definition) is 1. The molecular formula is C17H20N2OS. The minimum atomic E-state index is -0.00133. The number of nitrogens with zero attached hydrogens (tertiary/aromatic N) is 1. The topological polar surface area (TPSA) is 42.0 Å². The van der Waals surface area contributed by atoms with Crippen molar-refractivity contribution in [3.63, 3.8) is 0 Å². The number of thiophene rings is 1. The van der Waals surface area contributed by atoms with Gasteiger partial charge in [0.15, 0.2) is 0 Å². The molecule has 0 aliphatic heterocycles. The van der Waals surface area contributed by atoms with Crippen molar-refractivity contribution in [3.8, 4) is 0 Å². The molecule has 0 aromatic carbocycles. The third-order valence-corrected chi connectivity index (χ3v) is 5.25. The zero-order valence-corrected chi connectivity index (χ0v) is 13.2. The molecule has 0 saturated heterocycles. The second-order valence-electron chi connectivity index (χ2n) is 5.87. The second-order valence-corrected chi connectivity index (χ2v) is 6.84. The zero-order chi connectivity index (χ0) is 14.8. The second kappa shape index (κ2) is 5.98. The summed E-state index contributed by atoms with van der Waals surface area (Å²) in [6.45, 7) is 4.29. The highest BCUT2D eigenvalue weighted by atomic mass is 32.1. The number of pyridine rings is 1. The normalized spacial score (nSPS) is 18.9. The molecule has 3 nitrogen and oxygen atoms in total. The first-order valence-corrected chi connectivity index (χ1v) is 8.33. The largest absolute Gasteiger partial charge is 0.345 e. The first kappa shape index (κ1) is 14.3. The highest BCUT2D eigenvalue weighted by molar-refractivity contribution is 7.10. The summed E-state index contributed by atoms with van der Waals surface area (Å²) in [6, 6.07) is 3.88. The smallest absolute Gasteiger partial charge is 0.252 e. The van der Waals surface area contributed by atoms with E-state index in [0.717, 1.165) is 29.9 Å². The summed E-state index contributed by atoms with van der Waals surface area (Å²) in [5.41, 5.74) is 3.23. The van der Waals surface area contributed by atoms with Crippen molar-refractivity contribution in [2.75, 3.05) is 0 Å². The van der Waals surface area contributed by atoms with Gasteiger partial charge in [-0.2, -0.15) is 0 Å². The number of amides is 1. The van der Waals surface area contributed by atoms with E-state index >= 15 is 0 Å². The lowest BCUT2D eigenvalue weighted by Crippen LogP contribution is -2.27. The average molecular weight is 300 g/mol. The highest BCUT2D eigenvalue weighted by Gasteiger charge is 2.23. The first-order valence-electron chi connectivity index (χ1n) is 7.45. The quantitative estimate of drug-likeness (QED) is 0.938. The molecule has 4 heteroatoms. The molecule has 2 aromatic heterocycles. The van der Waals surface area contributed by atoms with Gasteiger partial charge >= 0.3 is 0 Å². The summed E-state index contributed by atoms with van der Waals surface area (Å²) in [7, 11) is 0. The lowest BCUT2D eigenvalue weighted by Gasteiger charge is -2.19. The number of nitrogens with one attached hydrogen (secondary N) is 1. The highest BCUT2D eigenvalue weighted by Crippen LogP contribution is 2.33.